The average molecular weight is 577 g/mol. The summed E-state index contributed by atoms with van der Waals surface area (Å²) in [5.41, 5.74) is 3.31. The zero-order chi connectivity index (χ0) is 22.4. The van der Waals surface area contributed by atoms with Gasteiger partial charge in [0.25, 0.3) is 0 Å². The Morgan fingerprint density at radius 1 is 0.500 bits per heavy atom. The van der Waals surface area contributed by atoms with E-state index in [-0.39, 0.29) is 12.4 Å². The van der Waals surface area contributed by atoms with Crippen molar-refractivity contribution in [2.24, 2.45) is 0 Å². The van der Waals surface area contributed by atoms with E-state index in [4.69, 9.17) is 0 Å². The second kappa shape index (κ2) is 24.4. The third-order valence-electron chi connectivity index (χ3n) is 6.80. The molecule has 0 fully saturated rings. The molecule has 0 saturated heterocycles. The van der Waals surface area contributed by atoms with Crippen molar-refractivity contribution in [3.63, 3.8) is 0 Å². The Hall–Kier alpha value is 0.240. The minimum atomic E-state index is 0. The standard InChI is InChI=1S/C30H53I.ClH/c1-3-5-7-9-11-13-15-17-19-21-24-28-25-23-27-30(31)29(28)26-22-20-18-16-14-12-10-8-6-4-2;/h23,25,27H,3-22,24,26H2,1-2H3;1H. The van der Waals surface area contributed by atoms with Gasteiger partial charge in [-0.2, -0.15) is 0 Å². The SMILES string of the molecule is CCCCCCCCCCCCc1cccc(I)c1CCCCCCCCCCCC.Cl. The van der Waals surface area contributed by atoms with Crippen LogP contribution in [0.25, 0.3) is 0 Å². The van der Waals surface area contributed by atoms with Crippen LogP contribution in [0.3, 0.4) is 0 Å². The molecule has 0 spiro atoms. The molecule has 0 aromatic heterocycles. The molecule has 0 saturated carbocycles. The van der Waals surface area contributed by atoms with Gasteiger partial charge in [0.2, 0.25) is 0 Å². The first kappa shape index (κ1) is 32.2. The van der Waals surface area contributed by atoms with Crippen LogP contribution in [0.1, 0.15) is 153 Å². The van der Waals surface area contributed by atoms with Crippen LogP contribution >= 0.6 is 35.0 Å². The summed E-state index contributed by atoms with van der Waals surface area (Å²) in [6.45, 7) is 4.60. The fourth-order valence-electron chi connectivity index (χ4n) is 4.71. The van der Waals surface area contributed by atoms with Crippen LogP contribution in [0, 0.1) is 3.57 Å². The van der Waals surface area contributed by atoms with E-state index < -0.39 is 0 Å². The molecule has 0 amide bonds. The second-order valence-corrected chi connectivity index (χ2v) is 10.9. The molecule has 0 heterocycles. The molecule has 0 atom stereocenters. The van der Waals surface area contributed by atoms with Crippen molar-refractivity contribution in [2.45, 2.75) is 155 Å². The van der Waals surface area contributed by atoms with Crippen LogP contribution in [0.5, 0.6) is 0 Å². The van der Waals surface area contributed by atoms with E-state index >= 15 is 0 Å². The Kier molecular flexibility index (Phi) is 24.6. The topological polar surface area (TPSA) is 0 Å². The highest BCUT2D eigenvalue weighted by Gasteiger charge is 2.07. The third kappa shape index (κ3) is 17.7. The number of hydrogen-bond donors (Lipinski definition) is 0. The molecule has 0 bridgehead atoms. The van der Waals surface area contributed by atoms with Gasteiger partial charge < -0.3 is 0 Å². The number of halogens is 2. The molecule has 32 heavy (non-hydrogen) atoms. The first-order valence-corrected chi connectivity index (χ1v) is 15.1. The van der Waals surface area contributed by atoms with Crippen molar-refractivity contribution in [1.82, 2.24) is 0 Å². The summed E-state index contributed by atoms with van der Waals surface area (Å²) in [7, 11) is 0. The lowest BCUT2D eigenvalue weighted by molar-refractivity contribution is 0.553. The van der Waals surface area contributed by atoms with Gasteiger partial charge in [-0.25, -0.2) is 0 Å². The molecule has 1 rings (SSSR count). The summed E-state index contributed by atoms with van der Waals surface area (Å²) >= 11 is 2.57. The maximum absolute atomic E-state index is 2.57. The van der Waals surface area contributed by atoms with Crippen LogP contribution in [-0.2, 0) is 12.8 Å². The van der Waals surface area contributed by atoms with Crippen molar-refractivity contribution < 1.29 is 0 Å². The Balaban J connectivity index is 0.00000961. The summed E-state index contributed by atoms with van der Waals surface area (Å²) < 4.78 is 1.50. The highest BCUT2D eigenvalue weighted by Crippen LogP contribution is 2.23. The van der Waals surface area contributed by atoms with Gasteiger partial charge in [-0.05, 0) is 65.5 Å². The molecule has 1 aromatic rings. The lowest BCUT2D eigenvalue weighted by Gasteiger charge is -2.12. The molecule has 0 aliphatic carbocycles. The van der Waals surface area contributed by atoms with Crippen molar-refractivity contribution >= 4 is 35.0 Å². The number of unbranched alkanes of at least 4 members (excludes halogenated alkanes) is 18. The van der Waals surface area contributed by atoms with Gasteiger partial charge in [0.15, 0.2) is 0 Å². The number of aryl methyl sites for hydroxylation is 1. The molecule has 2 heteroatoms. The monoisotopic (exact) mass is 576 g/mol. The van der Waals surface area contributed by atoms with E-state index in [1.54, 1.807) is 11.1 Å². The fraction of sp³-hybridized carbons (Fsp3) is 0.800. The van der Waals surface area contributed by atoms with E-state index in [1.807, 2.05) is 0 Å². The van der Waals surface area contributed by atoms with Crippen molar-refractivity contribution in [1.29, 1.82) is 0 Å². The van der Waals surface area contributed by atoms with Gasteiger partial charge >= 0.3 is 0 Å². The molecule has 0 nitrogen and oxygen atoms in total. The molecule has 1 aromatic carbocycles. The van der Waals surface area contributed by atoms with Crippen LogP contribution in [0.4, 0.5) is 0 Å². The largest absolute Gasteiger partial charge is 0.147 e. The van der Waals surface area contributed by atoms with Crippen molar-refractivity contribution in [3.8, 4) is 0 Å². The quantitative estimate of drug-likeness (QED) is 0.0951. The van der Waals surface area contributed by atoms with Gasteiger partial charge in [0, 0.05) is 3.57 Å². The summed E-state index contributed by atoms with van der Waals surface area (Å²) in [6, 6.07) is 6.99. The summed E-state index contributed by atoms with van der Waals surface area (Å²) in [4.78, 5) is 0. The van der Waals surface area contributed by atoms with E-state index in [9.17, 15) is 0 Å². The third-order valence-corrected chi connectivity index (χ3v) is 7.81. The first-order valence-electron chi connectivity index (χ1n) is 14.1. The minimum absolute atomic E-state index is 0. The van der Waals surface area contributed by atoms with E-state index in [1.165, 1.54) is 145 Å². The zero-order valence-corrected chi connectivity index (χ0v) is 24.5. The minimum Gasteiger partial charge on any atom is -0.147 e. The van der Waals surface area contributed by atoms with Gasteiger partial charge in [-0.1, -0.05) is 142 Å². The average Bonchev–Trinajstić information content (AvgIpc) is 2.77. The smallest absolute Gasteiger partial charge is 0.0165 e. The highest BCUT2D eigenvalue weighted by molar-refractivity contribution is 14.1. The van der Waals surface area contributed by atoms with E-state index in [2.05, 4.69) is 54.6 Å². The molecule has 0 aliphatic heterocycles. The zero-order valence-electron chi connectivity index (χ0n) is 21.6. The molecular formula is C30H54ClI. The van der Waals surface area contributed by atoms with Crippen molar-refractivity contribution in [3.05, 3.63) is 32.9 Å². The summed E-state index contributed by atoms with van der Waals surface area (Å²) in [5.74, 6) is 0. The maximum Gasteiger partial charge on any atom is 0.0165 e. The molecule has 0 aliphatic rings. The predicted molar refractivity (Wildman–Crippen MR) is 158 cm³/mol. The Labute approximate surface area is 222 Å². The van der Waals surface area contributed by atoms with E-state index in [0.717, 1.165) is 0 Å². The maximum atomic E-state index is 2.57. The van der Waals surface area contributed by atoms with E-state index in [0.29, 0.717) is 0 Å². The summed E-state index contributed by atoms with van der Waals surface area (Å²) in [6.07, 6.45) is 31.2. The number of hydrogen-bond acceptors (Lipinski definition) is 0. The normalized spacial score (nSPS) is 11.0. The lowest BCUT2D eigenvalue weighted by Crippen LogP contribution is -1.98. The number of benzene rings is 1. The van der Waals surface area contributed by atoms with Gasteiger partial charge in [0.1, 0.15) is 0 Å². The molecular weight excluding hydrogens is 523 g/mol. The lowest BCUT2D eigenvalue weighted by atomic mass is 9.96. The predicted octanol–water partition coefficient (Wildman–Crippen LogP) is 11.6. The van der Waals surface area contributed by atoms with Gasteiger partial charge in [-0.3, -0.25) is 0 Å². The Bertz CT molecular complexity index is 514. The molecule has 0 N–H and O–H groups in total. The van der Waals surface area contributed by atoms with Gasteiger partial charge in [-0.15, -0.1) is 12.4 Å². The van der Waals surface area contributed by atoms with Crippen LogP contribution in [-0.4, -0.2) is 0 Å². The first-order chi connectivity index (χ1) is 15.3. The van der Waals surface area contributed by atoms with Crippen LogP contribution < -0.4 is 0 Å². The molecule has 188 valence electrons. The Morgan fingerprint density at radius 2 is 0.875 bits per heavy atom. The van der Waals surface area contributed by atoms with Gasteiger partial charge in [0.05, 0.1) is 0 Å². The molecule has 0 radical (unpaired) electrons. The Morgan fingerprint density at radius 3 is 1.31 bits per heavy atom. The van der Waals surface area contributed by atoms with Crippen molar-refractivity contribution in [2.75, 3.05) is 0 Å². The van der Waals surface area contributed by atoms with Crippen LogP contribution in [0.15, 0.2) is 18.2 Å². The number of rotatable bonds is 22. The summed E-state index contributed by atoms with van der Waals surface area (Å²) in [5, 5.41) is 0. The molecule has 0 unspecified atom stereocenters. The fourth-order valence-corrected chi connectivity index (χ4v) is 5.53. The highest BCUT2D eigenvalue weighted by atomic mass is 127. The second-order valence-electron chi connectivity index (χ2n) is 9.74. The van der Waals surface area contributed by atoms with Crippen LogP contribution in [0.2, 0.25) is 0 Å².